The Labute approximate surface area is 183 Å². The lowest BCUT2D eigenvalue weighted by molar-refractivity contribution is -0.00178. The molecule has 0 spiro atoms. The van der Waals surface area contributed by atoms with Crippen molar-refractivity contribution in [3.8, 4) is 11.5 Å². The van der Waals surface area contributed by atoms with Gasteiger partial charge in [0, 0.05) is 25.3 Å². The second-order valence-electron chi connectivity index (χ2n) is 8.47. The van der Waals surface area contributed by atoms with Crippen molar-refractivity contribution in [2.45, 2.75) is 38.3 Å². The molecule has 4 N–H and O–H groups in total. The Hall–Kier alpha value is -2.58. The van der Waals surface area contributed by atoms with E-state index in [1.807, 2.05) is 12.1 Å². The molecule has 2 aliphatic heterocycles. The van der Waals surface area contributed by atoms with E-state index < -0.39 is 0 Å². The number of hydrogen-bond donors (Lipinski definition) is 3. The summed E-state index contributed by atoms with van der Waals surface area (Å²) < 4.78 is 17.6. The van der Waals surface area contributed by atoms with Gasteiger partial charge >= 0.3 is 0 Å². The zero-order chi connectivity index (χ0) is 21.6. The number of nitrogens with two attached hydrogens (primary N) is 1. The Morgan fingerprint density at radius 1 is 1.29 bits per heavy atom. The van der Waals surface area contributed by atoms with Gasteiger partial charge in [-0.3, -0.25) is 0 Å². The van der Waals surface area contributed by atoms with Gasteiger partial charge in [0.15, 0.2) is 11.5 Å². The lowest BCUT2D eigenvalue weighted by Crippen LogP contribution is -2.31. The fourth-order valence-electron chi connectivity index (χ4n) is 4.49. The van der Waals surface area contributed by atoms with Gasteiger partial charge in [0.2, 0.25) is 5.95 Å². The minimum absolute atomic E-state index is 0.0436. The van der Waals surface area contributed by atoms with Gasteiger partial charge < -0.3 is 30.6 Å². The molecule has 0 bridgehead atoms. The Kier molecular flexibility index (Phi) is 7.09. The van der Waals surface area contributed by atoms with E-state index in [4.69, 9.17) is 19.9 Å². The third kappa shape index (κ3) is 5.57. The first-order chi connectivity index (χ1) is 15.1. The van der Waals surface area contributed by atoms with E-state index in [-0.39, 0.29) is 18.1 Å². The van der Waals surface area contributed by atoms with Crippen LogP contribution in [0.5, 0.6) is 11.5 Å². The molecule has 3 heterocycles. The van der Waals surface area contributed by atoms with E-state index in [1.54, 1.807) is 13.3 Å². The molecule has 4 rings (SSSR count). The van der Waals surface area contributed by atoms with Crippen molar-refractivity contribution in [3.63, 3.8) is 0 Å². The quantitative estimate of drug-likeness (QED) is 0.591. The summed E-state index contributed by atoms with van der Waals surface area (Å²) in [6.07, 6.45) is 4.97. The number of anilines is 2. The second kappa shape index (κ2) is 10.2. The Morgan fingerprint density at radius 3 is 2.94 bits per heavy atom. The maximum Gasteiger partial charge on any atom is 0.221 e. The van der Waals surface area contributed by atoms with Crippen molar-refractivity contribution in [2.24, 2.45) is 11.8 Å². The summed E-state index contributed by atoms with van der Waals surface area (Å²) in [5, 5.41) is 6.99. The second-order valence-corrected chi connectivity index (χ2v) is 8.47. The molecule has 168 valence electrons. The van der Waals surface area contributed by atoms with Crippen molar-refractivity contribution in [3.05, 3.63) is 36.0 Å². The van der Waals surface area contributed by atoms with E-state index in [9.17, 15) is 0 Å². The van der Waals surface area contributed by atoms with Crippen LogP contribution in [0.15, 0.2) is 30.5 Å². The van der Waals surface area contributed by atoms with Crippen LogP contribution in [0.25, 0.3) is 0 Å². The van der Waals surface area contributed by atoms with E-state index in [0.717, 1.165) is 56.0 Å². The molecule has 2 saturated heterocycles. The normalized spacial score (nSPS) is 24.5. The SMILES string of the molecule is COc1ccc(C(Nc2ccnc(N)n2)C2CCOC(C)C2)cc1OCC1CCNC1. The molecule has 2 fully saturated rings. The van der Waals surface area contributed by atoms with Gasteiger partial charge in [0.05, 0.1) is 25.9 Å². The number of hydrogen-bond acceptors (Lipinski definition) is 8. The van der Waals surface area contributed by atoms with Crippen LogP contribution in [0.2, 0.25) is 0 Å². The highest BCUT2D eigenvalue weighted by atomic mass is 16.5. The van der Waals surface area contributed by atoms with Crippen molar-refractivity contribution in [1.82, 2.24) is 15.3 Å². The van der Waals surface area contributed by atoms with E-state index in [2.05, 4.69) is 39.7 Å². The fraction of sp³-hybridized carbons (Fsp3) is 0.565. The molecule has 4 atom stereocenters. The first kappa shape index (κ1) is 21.6. The number of aromatic nitrogens is 2. The minimum Gasteiger partial charge on any atom is -0.493 e. The molecule has 8 heteroatoms. The van der Waals surface area contributed by atoms with Crippen molar-refractivity contribution in [1.29, 1.82) is 0 Å². The maximum atomic E-state index is 6.22. The topological polar surface area (TPSA) is 104 Å². The molecule has 1 aromatic heterocycles. The van der Waals surface area contributed by atoms with Crippen LogP contribution in [-0.2, 0) is 4.74 Å². The predicted molar refractivity (Wildman–Crippen MR) is 120 cm³/mol. The van der Waals surface area contributed by atoms with Crippen molar-refractivity contribution >= 4 is 11.8 Å². The molecular formula is C23H33N5O3. The third-order valence-corrected chi connectivity index (χ3v) is 6.16. The highest BCUT2D eigenvalue weighted by Crippen LogP contribution is 2.38. The lowest BCUT2D eigenvalue weighted by Gasteiger charge is -2.34. The lowest BCUT2D eigenvalue weighted by atomic mass is 9.85. The van der Waals surface area contributed by atoms with E-state index >= 15 is 0 Å². The van der Waals surface area contributed by atoms with Crippen LogP contribution in [0.4, 0.5) is 11.8 Å². The smallest absolute Gasteiger partial charge is 0.221 e. The predicted octanol–water partition coefficient (Wildman–Crippen LogP) is 3.02. The van der Waals surface area contributed by atoms with Crippen molar-refractivity contribution < 1.29 is 14.2 Å². The van der Waals surface area contributed by atoms with Crippen LogP contribution < -0.4 is 25.8 Å². The number of nitrogens with zero attached hydrogens (tertiary/aromatic N) is 2. The number of methoxy groups -OCH3 is 1. The van der Waals surface area contributed by atoms with E-state index in [1.165, 1.54) is 0 Å². The standard InChI is InChI=1S/C23H33N5O3/c1-15-11-18(7-10-30-15)22(27-21-6-9-26-23(24)28-21)17-3-4-19(29-2)20(12-17)31-14-16-5-8-25-13-16/h3-4,6,9,12,15-16,18,22,25H,5,7-8,10-11,13-14H2,1-2H3,(H3,24,26,27,28). The van der Waals surface area contributed by atoms with Gasteiger partial charge in [0.25, 0.3) is 0 Å². The molecule has 31 heavy (non-hydrogen) atoms. The van der Waals surface area contributed by atoms with Crippen LogP contribution in [0, 0.1) is 11.8 Å². The fourth-order valence-corrected chi connectivity index (χ4v) is 4.49. The number of nitrogens with one attached hydrogen (secondary N) is 2. The Bertz CT molecular complexity index is 859. The summed E-state index contributed by atoms with van der Waals surface area (Å²) in [6.45, 7) is 5.62. The van der Waals surface area contributed by atoms with Gasteiger partial charge in [-0.15, -0.1) is 0 Å². The van der Waals surface area contributed by atoms with Crippen LogP contribution in [-0.4, -0.2) is 49.5 Å². The highest BCUT2D eigenvalue weighted by Gasteiger charge is 2.29. The van der Waals surface area contributed by atoms with Crippen LogP contribution in [0.3, 0.4) is 0 Å². The zero-order valence-corrected chi connectivity index (χ0v) is 18.3. The average molecular weight is 428 g/mol. The molecule has 1 aromatic carbocycles. The molecule has 0 amide bonds. The number of benzene rings is 1. The summed E-state index contributed by atoms with van der Waals surface area (Å²) in [5.74, 6) is 3.42. The molecule has 0 radical (unpaired) electrons. The largest absolute Gasteiger partial charge is 0.493 e. The summed E-state index contributed by atoms with van der Waals surface area (Å²) in [6, 6.07) is 8.08. The number of ether oxygens (including phenoxy) is 3. The first-order valence-electron chi connectivity index (χ1n) is 11.1. The molecule has 8 nitrogen and oxygen atoms in total. The summed E-state index contributed by atoms with van der Waals surface area (Å²) in [7, 11) is 1.68. The summed E-state index contributed by atoms with van der Waals surface area (Å²) >= 11 is 0. The van der Waals surface area contributed by atoms with E-state index in [0.29, 0.717) is 24.3 Å². The zero-order valence-electron chi connectivity index (χ0n) is 18.3. The van der Waals surface area contributed by atoms with Gasteiger partial charge in [-0.1, -0.05) is 6.07 Å². The number of rotatable bonds is 8. The van der Waals surface area contributed by atoms with Crippen LogP contribution >= 0.6 is 0 Å². The Balaban J connectivity index is 1.60. The van der Waals surface area contributed by atoms with Gasteiger partial charge in [0.1, 0.15) is 5.82 Å². The van der Waals surface area contributed by atoms with Gasteiger partial charge in [-0.05, 0) is 62.4 Å². The average Bonchev–Trinajstić information content (AvgIpc) is 3.30. The van der Waals surface area contributed by atoms with Crippen molar-refractivity contribution in [2.75, 3.05) is 44.5 Å². The monoisotopic (exact) mass is 427 g/mol. The Morgan fingerprint density at radius 2 is 2.19 bits per heavy atom. The number of nitrogen functional groups attached to an aromatic ring is 1. The van der Waals surface area contributed by atoms with Gasteiger partial charge in [-0.25, -0.2) is 4.98 Å². The third-order valence-electron chi connectivity index (χ3n) is 6.16. The maximum absolute atomic E-state index is 6.22. The molecule has 4 unspecified atom stereocenters. The molecule has 0 saturated carbocycles. The molecular weight excluding hydrogens is 394 g/mol. The van der Waals surface area contributed by atoms with Crippen LogP contribution in [0.1, 0.15) is 37.8 Å². The summed E-state index contributed by atoms with van der Waals surface area (Å²) in [4.78, 5) is 8.37. The molecule has 2 aromatic rings. The molecule has 0 aliphatic carbocycles. The summed E-state index contributed by atoms with van der Waals surface area (Å²) in [5.41, 5.74) is 6.95. The van der Waals surface area contributed by atoms with Gasteiger partial charge in [-0.2, -0.15) is 4.98 Å². The minimum atomic E-state index is 0.0436. The highest BCUT2D eigenvalue weighted by molar-refractivity contribution is 5.47. The first-order valence-corrected chi connectivity index (χ1v) is 11.1. The molecule has 2 aliphatic rings.